The maximum absolute atomic E-state index is 12.0. The fourth-order valence-electron chi connectivity index (χ4n) is 2.42. The molecule has 0 aromatic heterocycles. The largest absolute Gasteiger partial charge is 0.497 e. The summed E-state index contributed by atoms with van der Waals surface area (Å²) in [6.07, 6.45) is 1.52. The number of nitrogens with one attached hydrogen (secondary N) is 1. The average Bonchev–Trinajstić information content (AvgIpc) is 2.68. The summed E-state index contributed by atoms with van der Waals surface area (Å²) in [7, 11) is 1.64. The van der Waals surface area contributed by atoms with Crippen molar-refractivity contribution in [2.24, 2.45) is 0 Å². The SMILES string of the molecule is COc1ccc2c(c1)CCN(C(=O)NCCC(=O)O)CC2. The molecule has 114 valence electrons. The molecule has 0 spiro atoms. The quantitative estimate of drug-likeness (QED) is 0.876. The van der Waals surface area contributed by atoms with E-state index in [0.717, 1.165) is 18.6 Å². The van der Waals surface area contributed by atoms with Crippen molar-refractivity contribution < 1.29 is 19.4 Å². The van der Waals surface area contributed by atoms with E-state index in [9.17, 15) is 9.59 Å². The van der Waals surface area contributed by atoms with Crippen molar-refractivity contribution >= 4 is 12.0 Å². The maximum Gasteiger partial charge on any atom is 0.317 e. The third kappa shape index (κ3) is 4.11. The molecule has 0 unspecified atom stereocenters. The van der Waals surface area contributed by atoms with Gasteiger partial charge in [0, 0.05) is 19.6 Å². The van der Waals surface area contributed by atoms with Crippen molar-refractivity contribution in [2.75, 3.05) is 26.7 Å². The standard InChI is InChI=1S/C15H20N2O4/c1-21-13-3-2-11-5-8-17(9-6-12(11)10-13)15(20)16-7-4-14(18)19/h2-3,10H,4-9H2,1H3,(H,16,20)(H,18,19). The van der Waals surface area contributed by atoms with Crippen molar-refractivity contribution in [3.8, 4) is 5.75 Å². The number of carbonyl (C=O) groups excluding carboxylic acids is 1. The summed E-state index contributed by atoms with van der Waals surface area (Å²) in [6.45, 7) is 1.42. The third-order valence-corrected chi connectivity index (χ3v) is 3.62. The van der Waals surface area contributed by atoms with Crippen LogP contribution in [0.5, 0.6) is 5.75 Å². The Balaban J connectivity index is 1.92. The number of carboxylic acid groups (broad SMARTS) is 1. The molecule has 0 atom stereocenters. The smallest absolute Gasteiger partial charge is 0.317 e. The third-order valence-electron chi connectivity index (χ3n) is 3.62. The Hall–Kier alpha value is -2.24. The molecule has 1 aromatic carbocycles. The van der Waals surface area contributed by atoms with Crippen LogP contribution in [-0.4, -0.2) is 48.8 Å². The van der Waals surface area contributed by atoms with Gasteiger partial charge in [0.25, 0.3) is 0 Å². The van der Waals surface area contributed by atoms with Crippen LogP contribution in [0, 0.1) is 0 Å². The average molecular weight is 292 g/mol. The van der Waals surface area contributed by atoms with Gasteiger partial charge in [-0.15, -0.1) is 0 Å². The van der Waals surface area contributed by atoms with Crippen LogP contribution < -0.4 is 10.1 Å². The summed E-state index contributed by atoms with van der Waals surface area (Å²) in [5.41, 5.74) is 2.44. The number of amides is 2. The molecule has 21 heavy (non-hydrogen) atoms. The topological polar surface area (TPSA) is 78.9 Å². The normalized spacial score (nSPS) is 14.0. The number of rotatable bonds is 4. The number of aliphatic carboxylic acids is 1. The predicted molar refractivity (Wildman–Crippen MR) is 77.6 cm³/mol. The lowest BCUT2D eigenvalue weighted by Crippen LogP contribution is -2.42. The molecule has 6 heteroatoms. The number of carboxylic acids is 1. The zero-order valence-corrected chi connectivity index (χ0v) is 12.1. The Morgan fingerprint density at radius 1 is 1.29 bits per heavy atom. The number of benzene rings is 1. The van der Waals surface area contributed by atoms with Crippen LogP contribution in [0.1, 0.15) is 17.5 Å². The van der Waals surface area contributed by atoms with Crippen LogP contribution in [-0.2, 0) is 17.6 Å². The molecule has 1 heterocycles. The van der Waals surface area contributed by atoms with Crippen LogP contribution in [0.4, 0.5) is 4.79 Å². The number of hydrogen-bond donors (Lipinski definition) is 2. The molecular weight excluding hydrogens is 272 g/mol. The molecule has 0 fully saturated rings. The first kappa shape index (κ1) is 15.2. The maximum atomic E-state index is 12.0. The molecule has 0 saturated heterocycles. The van der Waals surface area contributed by atoms with Crippen molar-refractivity contribution in [1.82, 2.24) is 10.2 Å². The number of fused-ring (bicyclic) bond motifs is 1. The molecule has 0 saturated carbocycles. The molecular formula is C15H20N2O4. The van der Waals surface area contributed by atoms with E-state index in [1.807, 2.05) is 18.2 Å². The fraction of sp³-hybridized carbons (Fsp3) is 0.467. The Labute approximate surface area is 123 Å². The lowest BCUT2D eigenvalue weighted by atomic mass is 10.0. The van der Waals surface area contributed by atoms with E-state index in [1.54, 1.807) is 12.0 Å². The summed E-state index contributed by atoms with van der Waals surface area (Å²) in [4.78, 5) is 24.2. The minimum atomic E-state index is -0.911. The van der Waals surface area contributed by atoms with Crippen LogP contribution in [0.15, 0.2) is 18.2 Å². The van der Waals surface area contributed by atoms with Gasteiger partial charge in [0.05, 0.1) is 13.5 Å². The number of methoxy groups -OCH3 is 1. The van der Waals surface area contributed by atoms with E-state index < -0.39 is 5.97 Å². The second kappa shape index (κ2) is 6.97. The number of carbonyl (C=O) groups is 2. The summed E-state index contributed by atoms with van der Waals surface area (Å²) < 4.78 is 5.22. The van der Waals surface area contributed by atoms with E-state index >= 15 is 0 Å². The Bertz CT molecular complexity index is 530. The molecule has 2 N–H and O–H groups in total. The van der Waals surface area contributed by atoms with Gasteiger partial charge in [-0.25, -0.2) is 4.79 Å². The minimum Gasteiger partial charge on any atom is -0.497 e. The molecule has 0 radical (unpaired) electrons. The van der Waals surface area contributed by atoms with Gasteiger partial charge in [-0.05, 0) is 36.1 Å². The lowest BCUT2D eigenvalue weighted by Gasteiger charge is -2.20. The van der Waals surface area contributed by atoms with Crippen molar-refractivity contribution in [3.63, 3.8) is 0 Å². The molecule has 6 nitrogen and oxygen atoms in total. The van der Waals surface area contributed by atoms with Crippen molar-refractivity contribution in [2.45, 2.75) is 19.3 Å². The fourth-order valence-corrected chi connectivity index (χ4v) is 2.42. The summed E-state index contributed by atoms with van der Waals surface area (Å²) in [5, 5.41) is 11.2. The van der Waals surface area contributed by atoms with Crippen molar-refractivity contribution in [1.29, 1.82) is 0 Å². The van der Waals surface area contributed by atoms with E-state index in [4.69, 9.17) is 9.84 Å². The second-order valence-corrected chi connectivity index (χ2v) is 5.00. The zero-order chi connectivity index (χ0) is 15.2. The number of hydrogen-bond acceptors (Lipinski definition) is 3. The Kier molecular flexibility index (Phi) is 5.03. The number of ether oxygens (including phenoxy) is 1. The van der Waals surface area contributed by atoms with Crippen molar-refractivity contribution in [3.05, 3.63) is 29.3 Å². The van der Waals surface area contributed by atoms with Crippen LogP contribution in [0.2, 0.25) is 0 Å². The first-order chi connectivity index (χ1) is 10.1. The summed E-state index contributed by atoms with van der Waals surface area (Å²) >= 11 is 0. The highest BCUT2D eigenvalue weighted by atomic mass is 16.5. The molecule has 2 amide bonds. The van der Waals surface area contributed by atoms with Gasteiger partial charge in [0.2, 0.25) is 0 Å². The molecule has 1 aromatic rings. The van der Waals surface area contributed by atoms with Crippen LogP contribution in [0.3, 0.4) is 0 Å². The van der Waals surface area contributed by atoms with Gasteiger partial charge in [0.15, 0.2) is 0 Å². The summed E-state index contributed by atoms with van der Waals surface area (Å²) in [6, 6.07) is 5.79. The van der Waals surface area contributed by atoms with E-state index in [1.165, 1.54) is 11.1 Å². The first-order valence-corrected chi connectivity index (χ1v) is 7.00. The number of nitrogens with zero attached hydrogens (tertiary/aromatic N) is 1. The summed E-state index contributed by atoms with van der Waals surface area (Å²) in [5.74, 6) is -0.0845. The zero-order valence-electron chi connectivity index (χ0n) is 12.1. The van der Waals surface area contributed by atoms with Gasteiger partial charge >= 0.3 is 12.0 Å². The monoisotopic (exact) mass is 292 g/mol. The first-order valence-electron chi connectivity index (χ1n) is 7.00. The lowest BCUT2D eigenvalue weighted by molar-refractivity contribution is -0.136. The molecule has 1 aliphatic heterocycles. The van der Waals surface area contributed by atoms with Gasteiger partial charge in [-0.2, -0.15) is 0 Å². The van der Waals surface area contributed by atoms with Gasteiger partial charge in [-0.3, -0.25) is 4.79 Å². The second-order valence-electron chi connectivity index (χ2n) is 5.00. The Morgan fingerprint density at radius 3 is 2.67 bits per heavy atom. The highest BCUT2D eigenvalue weighted by Gasteiger charge is 2.18. The molecule has 2 rings (SSSR count). The predicted octanol–water partition coefficient (Wildman–Crippen LogP) is 1.28. The van der Waals surface area contributed by atoms with E-state index in [-0.39, 0.29) is 19.0 Å². The van der Waals surface area contributed by atoms with Crippen LogP contribution >= 0.6 is 0 Å². The number of urea groups is 1. The van der Waals surface area contributed by atoms with E-state index in [2.05, 4.69) is 5.32 Å². The van der Waals surface area contributed by atoms with Gasteiger partial charge in [0.1, 0.15) is 5.75 Å². The van der Waals surface area contributed by atoms with E-state index in [0.29, 0.717) is 13.1 Å². The van der Waals surface area contributed by atoms with Gasteiger partial charge < -0.3 is 20.1 Å². The highest BCUT2D eigenvalue weighted by Crippen LogP contribution is 2.21. The Morgan fingerprint density at radius 2 is 2.00 bits per heavy atom. The molecule has 1 aliphatic rings. The van der Waals surface area contributed by atoms with Gasteiger partial charge in [-0.1, -0.05) is 6.07 Å². The minimum absolute atomic E-state index is 0.0585. The molecule has 0 bridgehead atoms. The molecule has 0 aliphatic carbocycles. The highest BCUT2D eigenvalue weighted by molar-refractivity contribution is 5.75. The van der Waals surface area contributed by atoms with Crippen LogP contribution in [0.25, 0.3) is 0 Å².